The Morgan fingerprint density at radius 1 is 0.289 bits per heavy atom. The zero-order valence-electron chi connectivity index (χ0n) is 94.9. The van der Waals surface area contributed by atoms with Gasteiger partial charge in [-0.05, 0) is 295 Å². The van der Waals surface area contributed by atoms with Crippen molar-refractivity contribution in [1.29, 1.82) is 0 Å². The number of rotatable bonds is 10. The Morgan fingerprint density at radius 3 is 0.930 bits per heavy atom. The molecule has 0 amide bonds. The minimum absolute atomic E-state index is 0.164. The van der Waals surface area contributed by atoms with Crippen LogP contribution in [-0.2, 0) is 62.6 Å². The van der Waals surface area contributed by atoms with Crippen molar-refractivity contribution in [3.05, 3.63) is 235 Å². The lowest BCUT2D eigenvalue weighted by molar-refractivity contribution is -0.0146. The van der Waals surface area contributed by atoms with E-state index in [1.807, 2.05) is 0 Å². The van der Waals surface area contributed by atoms with Gasteiger partial charge in [0.15, 0.2) is 0 Å². The van der Waals surface area contributed by atoms with Gasteiger partial charge >= 0.3 is 0 Å². The van der Waals surface area contributed by atoms with Crippen LogP contribution in [0.5, 0.6) is 0 Å². The van der Waals surface area contributed by atoms with E-state index in [1.165, 1.54) is 159 Å². The maximum absolute atomic E-state index is 2.54. The highest BCUT2D eigenvalue weighted by Gasteiger charge is 2.46. The summed E-state index contributed by atoms with van der Waals surface area (Å²) >= 11 is 0. The van der Waals surface area contributed by atoms with Crippen molar-refractivity contribution < 1.29 is 0 Å². The Morgan fingerprint density at radius 2 is 0.633 bits per heavy atom. The summed E-state index contributed by atoms with van der Waals surface area (Å²) in [7, 11) is 0. The van der Waals surface area contributed by atoms with E-state index in [1.54, 1.807) is 0 Å². The van der Waals surface area contributed by atoms with Crippen LogP contribution >= 0.6 is 0 Å². The minimum atomic E-state index is 0.164. The van der Waals surface area contributed by atoms with Crippen molar-refractivity contribution in [3.63, 3.8) is 0 Å². The molecule has 4 atom stereocenters. The zero-order chi connectivity index (χ0) is 99.4. The molecular formula is C128H210. The lowest BCUT2D eigenvalue weighted by Gasteiger charge is -2.52. The second kappa shape index (κ2) is 43.9. The molecule has 0 saturated heterocycles. The van der Waals surface area contributed by atoms with Gasteiger partial charge in [-0.25, -0.2) is 0 Å². The highest BCUT2D eigenvalue weighted by molar-refractivity contribution is 5.67. The Bertz CT molecular complexity index is 4260. The predicted octanol–water partition coefficient (Wildman–Crippen LogP) is 40.2. The molecule has 2 aliphatic rings. The van der Waals surface area contributed by atoms with E-state index in [9.17, 15) is 0 Å². The molecule has 2 aliphatic carbocycles. The second-order valence-electron chi connectivity index (χ2n) is 58.6. The molecule has 0 heterocycles. The van der Waals surface area contributed by atoms with E-state index in [4.69, 9.17) is 0 Å². The standard InChI is InChI=1S/C22H30.C21H28.C20H34.C18H36.C16H32.C16H26.C15H24/c1-15-13-17(9-11-19(15)21(3,4)5)18-10-12-20(16(2)14-18)22(6,7)8;1-20(2,3)18-11-7-16(8-12-18)15-17-9-13-19(14-10-17)21(4,5)6;1-17(2,3)19(7,8)15-12-11-13-16(14-15)20(9,10)18(4,5)6;1-15(2,3)12-18(9)11-14(16(4,5)6)10-17(7,8)13-18;2*1-15(2,3)11-13-8-7-9-14(10-13)12-16(4,5)6;1-11-8-9-12(14(2,3)4)10-13(11)15(5,6)7/h9-14H,1-8H3;7-14H,15H2,1-6H3;11-14H,1-10H3;14H,10-13H2,1-9H3;13-14H,7-12H2,1-6H3;7-10H,11-12H2,1-6H3;8-10H,1-7H3. The average molecular weight is 1750 g/mol. The fourth-order valence-corrected chi connectivity index (χ4v) is 20.2. The lowest BCUT2D eigenvalue weighted by Crippen LogP contribution is -2.41. The van der Waals surface area contributed by atoms with Gasteiger partial charge in [-0.2, -0.15) is 0 Å². The van der Waals surface area contributed by atoms with Crippen LogP contribution in [0.15, 0.2) is 152 Å². The minimum Gasteiger partial charge on any atom is -0.0617 e. The predicted molar refractivity (Wildman–Crippen MR) is 581 cm³/mol. The van der Waals surface area contributed by atoms with E-state index in [0.717, 1.165) is 37.0 Å². The molecule has 0 aliphatic heterocycles. The first-order chi connectivity index (χ1) is 57.0. The molecule has 128 heavy (non-hydrogen) atoms. The van der Waals surface area contributed by atoms with Crippen molar-refractivity contribution in [3.8, 4) is 11.1 Å². The largest absolute Gasteiger partial charge is 0.0617 e. The molecule has 7 aromatic rings. The normalized spacial score (nSPS) is 17.8. The highest BCUT2D eigenvalue weighted by Crippen LogP contribution is 2.57. The summed E-state index contributed by atoms with van der Waals surface area (Å²) in [4.78, 5) is 0. The first kappa shape index (κ1) is 117. The van der Waals surface area contributed by atoms with E-state index in [0.29, 0.717) is 43.3 Å². The molecule has 0 N–H and O–H groups in total. The molecule has 7 aromatic carbocycles. The van der Waals surface area contributed by atoms with Crippen LogP contribution in [0.25, 0.3) is 11.1 Å². The van der Waals surface area contributed by atoms with Crippen LogP contribution in [0.2, 0.25) is 0 Å². The SMILES string of the molecule is CC(C)(C)C(C)(C)c1cccc(C(C)(C)C(C)(C)C)c1.CC(C)(C)CC1(C)CC(C(C)(C)C)CC(C)(C)C1.CC(C)(C)CC1CCCC(CC(C)(C)C)C1.CC(C)(C)Cc1cccc(CC(C)(C)C)c1.CC(C)(C)c1ccc(Cc2ccc(C(C)(C)C)cc2)cc1.Cc1cc(-c2ccc(C(C)(C)C)c(C)c2)ccc1C(C)(C)C.Cc1ccc(C(C)(C)C)cc1C(C)(C)C. The maximum Gasteiger partial charge on any atom is -0.00258 e. The molecular weight excluding hydrogens is 1540 g/mol. The van der Waals surface area contributed by atoms with Crippen molar-refractivity contribution >= 4 is 0 Å². The van der Waals surface area contributed by atoms with Crippen LogP contribution in [0, 0.1) is 92.7 Å². The van der Waals surface area contributed by atoms with Gasteiger partial charge in [-0.3, -0.25) is 0 Å². The van der Waals surface area contributed by atoms with Crippen LogP contribution < -0.4 is 0 Å². The van der Waals surface area contributed by atoms with Gasteiger partial charge < -0.3 is 0 Å². The van der Waals surface area contributed by atoms with Gasteiger partial charge in [-0.1, -0.05) is 510 Å². The molecule has 722 valence electrons. The van der Waals surface area contributed by atoms with Crippen LogP contribution in [0.4, 0.5) is 0 Å². The van der Waals surface area contributed by atoms with Crippen LogP contribution in [0.1, 0.15) is 487 Å². The Labute approximate surface area is 799 Å². The molecule has 0 radical (unpaired) electrons. The second-order valence-corrected chi connectivity index (χ2v) is 58.6. The van der Waals surface area contributed by atoms with Gasteiger partial charge in [0.2, 0.25) is 0 Å². The molecule has 0 spiro atoms. The van der Waals surface area contributed by atoms with Crippen molar-refractivity contribution in [2.45, 2.75) is 487 Å². The number of aryl methyl sites for hydroxylation is 3. The third-order valence-corrected chi connectivity index (χ3v) is 28.2. The number of hydrogen-bond acceptors (Lipinski definition) is 0. The summed E-state index contributed by atoms with van der Waals surface area (Å²) in [6.45, 7) is 121. The van der Waals surface area contributed by atoms with Gasteiger partial charge in [-0.15, -0.1) is 0 Å². The first-order valence-corrected chi connectivity index (χ1v) is 50.8. The van der Waals surface area contributed by atoms with Gasteiger partial charge in [0.1, 0.15) is 0 Å². The van der Waals surface area contributed by atoms with E-state index in [-0.39, 0.29) is 54.1 Å². The van der Waals surface area contributed by atoms with E-state index >= 15 is 0 Å². The smallest absolute Gasteiger partial charge is 0.00258 e. The maximum atomic E-state index is 2.54. The number of benzene rings is 7. The summed E-state index contributed by atoms with van der Waals surface area (Å²) in [5.41, 5.74) is 29.8. The highest BCUT2D eigenvalue weighted by atomic mass is 14.5. The summed E-state index contributed by atoms with van der Waals surface area (Å²) < 4.78 is 0. The third-order valence-electron chi connectivity index (χ3n) is 28.2. The number of hydrogen-bond donors (Lipinski definition) is 0. The molecule has 0 bridgehead atoms. The zero-order valence-corrected chi connectivity index (χ0v) is 94.9. The van der Waals surface area contributed by atoms with Gasteiger partial charge in [0.25, 0.3) is 0 Å². The van der Waals surface area contributed by atoms with E-state index < -0.39 is 0 Å². The lowest BCUT2D eigenvalue weighted by atomic mass is 9.53. The Hall–Kier alpha value is -5.46. The molecule has 2 fully saturated rings. The van der Waals surface area contributed by atoms with Crippen molar-refractivity contribution in [2.75, 3.05) is 0 Å². The molecule has 0 aromatic heterocycles. The molecule has 0 nitrogen and oxygen atoms in total. The monoisotopic (exact) mass is 1750 g/mol. The van der Waals surface area contributed by atoms with Gasteiger partial charge in [0, 0.05) is 0 Å². The topological polar surface area (TPSA) is 0 Å². The average Bonchev–Trinajstić information content (AvgIpc) is 0.789. The quantitative estimate of drug-likeness (QED) is 0.128. The van der Waals surface area contributed by atoms with Crippen molar-refractivity contribution in [2.24, 2.45) is 71.9 Å². The Kier molecular flexibility index (Phi) is 40.0. The summed E-state index contributed by atoms with van der Waals surface area (Å²) in [5.74, 6) is 2.87. The van der Waals surface area contributed by atoms with E-state index in [2.05, 4.69) is 512 Å². The van der Waals surface area contributed by atoms with Crippen molar-refractivity contribution in [1.82, 2.24) is 0 Å². The fraction of sp³-hybridized carbons (Fsp3) is 0.672. The first-order valence-electron chi connectivity index (χ1n) is 50.8. The Balaban J connectivity index is 0.000000387. The molecule has 2 saturated carbocycles. The molecule has 0 heteroatoms. The fourth-order valence-electron chi connectivity index (χ4n) is 20.2. The van der Waals surface area contributed by atoms with Crippen LogP contribution in [0.3, 0.4) is 0 Å². The third kappa shape index (κ3) is 40.8. The summed E-state index contributed by atoms with van der Waals surface area (Å²) in [5, 5.41) is 0. The van der Waals surface area contributed by atoms with Crippen LogP contribution in [-0.4, -0.2) is 0 Å². The summed E-state index contributed by atoms with van der Waals surface area (Å²) in [6.07, 6.45) is 17.7. The van der Waals surface area contributed by atoms with Gasteiger partial charge in [0.05, 0.1) is 0 Å². The summed E-state index contributed by atoms with van der Waals surface area (Å²) in [6, 6.07) is 57.0. The molecule has 4 unspecified atom stereocenters. The molecule has 9 rings (SSSR count).